The van der Waals surface area contributed by atoms with Crippen molar-refractivity contribution < 1.29 is 19.9 Å². The van der Waals surface area contributed by atoms with Crippen LogP contribution in [-0.2, 0) is 9.59 Å². The van der Waals surface area contributed by atoms with E-state index in [2.05, 4.69) is 0 Å². The molecule has 4 N–H and O–H groups in total. The van der Waals surface area contributed by atoms with Crippen molar-refractivity contribution >= 4 is 11.9 Å². The molecule has 0 saturated carbocycles. The number of carboxylic acids is 1. The van der Waals surface area contributed by atoms with Gasteiger partial charge in [-0.15, -0.1) is 0 Å². The predicted octanol–water partition coefficient (Wildman–Crippen LogP) is -0.584. The lowest BCUT2D eigenvalue weighted by Gasteiger charge is -2.12. The molecule has 0 bridgehead atoms. The first-order chi connectivity index (χ1) is 5.95. The van der Waals surface area contributed by atoms with E-state index in [9.17, 15) is 9.59 Å². The van der Waals surface area contributed by atoms with Crippen LogP contribution in [0, 0.1) is 0 Å². The molecule has 6 heteroatoms. The van der Waals surface area contributed by atoms with Gasteiger partial charge in [0.2, 0.25) is 5.91 Å². The minimum absolute atomic E-state index is 0.107. The maximum atomic E-state index is 10.5. The standard InChI is InChI=1S/C7H14N2O4/c1-5(10)9(13)4-2-3-6(8)7(11)12/h6,13H,2-4,8H2,1H3,(H,11,12)/t6-/m0/s1. The fourth-order valence-corrected chi connectivity index (χ4v) is 0.742. The van der Waals surface area contributed by atoms with E-state index in [4.69, 9.17) is 16.0 Å². The van der Waals surface area contributed by atoms with Crippen LogP contribution >= 0.6 is 0 Å². The zero-order chi connectivity index (χ0) is 10.4. The van der Waals surface area contributed by atoms with E-state index in [0.717, 1.165) is 0 Å². The zero-order valence-corrected chi connectivity index (χ0v) is 7.43. The molecular weight excluding hydrogens is 176 g/mol. The summed E-state index contributed by atoms with van der Waals surface area (Å²) in [7, 11) is 0. The second kappa shape index (κ2) is 5.50. The van der Waals surface area contributed by atoms with Gasteiger partial charge in [-0.3, -0.25) is 14.8 Å². The van der Waals surface area contributed by atoms with Crippen LogP contribution in [0.3, 0.4) is 0 Å². The summed E-state index contributed by atoms with van der Waals surface area (Å²) in [5.74, 6) is -1.55. The lowest BCUT2D eigenvalue weighted by Crippen LogP contribution is -2.32. The summed E-state index contributed by atoms with van der Waals surface area (Å²) < 4.78 is 0. The number of nitrogens with two attached hydrogens (primary N) is 1. The van der Waals surface area contributed by atoms with Gasteiger partial charge in [0.15, 0.2) is 0 Å². The van der Waals surface area contributed by atoms with Crippen LogP contribution in [0.4, 0.5) is 0 Å². The molecule has 0 rings (SSSR count). The SMILES string of the molecule is CC(=O)N(O)CCC[C@H](N)C(=O)O. The van der Waals surface area contributed by atoms with Crippen LogP contribution < -0.4 is 5.73 Å². The number of amides is 1. The lowest BCUT2D eigenvalue weighted by molar-refractivity contribution is -0.162. The molecule has 1 atom stereocenters. The van der Waals surface area contributed by atoms with Crippen LogP contribution in [0.5, 0.6) is 0 Å². The number of hydrogen-bond acceptors (Lipinski definition) is 4. The Morgan fingerprint density at radius 1 is 1.54 bits per heavy atom. The van der Waals surface area contributed by atoms with Crippen molar-refractivity contribution in [2.45, 2.75) is 25.8 Å². The fraction of sp³-hybridized carbons (Fsp3) is 0.714. The minimum atomic E-state index is -1.08. The summed E-state index contributed by atoms with van der Waals surface area (Å²) in [6.45, 7) is 1.33. The molecule has 0 aromatic rings. The summed E-state index contributed by atoms with van der Waals surface area (Å²) in [6, 6.07) is -0.930. The van der Waals surface area contributed by atoms with E-state index < -0.39 is 17.9 Å². The van der Waals surface area contributed by atoms with Crippen molar-refractivity contribution in [3.8, 4) is 0 Å². The average molecular weight is 190 g/mol. The molecule has 6 nitrogen and oxygen atoms in total. The van der Waals surface area contributed by atoms with Crippen molar-refractivity contribution in [2.24, 2.45) is 5.73 Å². The number of hydrogen-bond donors (Lipinski definition) is 3. The molecule has 0 aliphatic rings. The van der Waals surface area contributed by atoms with Crippen molar-refractivity contribution in [1.29, 1.82) is 0 Å². The van der Waals surface area contributed by atoms with E-state index in [0.29, 0.717) is 11.5 Å². The van der Waals surface area contributed by atoms with Gasteiger partial charge in [-0.1, -0.05) is 0 Å². The number of carbonyl (C=O) groups is 2. The summed E-state index contributed by atoms with van der Waals surface area (Å²) in [5.41, 5.74) is 5.19. The van der Waals surface area contributed by atoms with Gasteiger partial charge in [-0.25, -0.2) is 5.06 Å². The maximum Gasteiger partial charge on any atom is 0.320 e. The van der Waals surface area contributed by atoms with Gasteiger partial charge in [0.25, 0.3) is 0 Å². The zero-order valence-electron chi connectivity index (χ0n) is 7.43. The van der Waals surface area contributed by atoms with Crippen LogP contribution in [0.25, 0.3) is 0 Å². The van der Waals surface area contributed by atoms with Crippen LogP contribution in [0.15, 0.2) is 0 Å². The molecule has 0 saturated heterocycles. The molecule has 76 valence electrons. The Bertz CT molecular complexity index is 175. The number of aliphatic carboxylic acids is 1. The van der Waals surface area contributed by atoms with Crippen molar-refractivity contribution in [3.05, 3.63) is 0 Å². The summed E-state index contributed by atoms with van der Waals surface area (Å²) in [4.78, 5) is 20.7. The largest absolute Gasteiger partial charge is 0.480 e. The first-order valence-corrected chi connectivity index (χ1v) is 3.90. The normalized spacial score (nSPS) is 12.2. The third-order valence-corrected chi connectivity index (χ3v) is 1.57. The van der Waals surface area contributed by atoms with Gasteiger partial charge in [0.1, 0.15) is 6.04 Å². The molecule has 0 aromatic carbocycles. The van der Waals surface area contributed by atoms with Gasteiger partial charge in [-0.2, -0.15) is 0 Å². The van der Waals surface area contributed by atoms with Gasteiger partial charge in [0, 0.05) is 13.5 Å². The average Bonchev–Trinajstić information content (AvgIpc) is 2.03. The number of nitrogens with zero attached hydrogens (tertiary/aromatic N) is 1. The number of carboxylic acid groups (broad SMARTS) is 1. The number of rotatable bonds is 5. The molecule has 13 heavy (non-hydrogen) atoms. The summed E-state index contributed by atoms with van der Waals surface area (Å²) in [6.07, 6.45) is 0.600. The number of hydroxylamine groups is 2. The molecule has 1 amide bonds. The third kappa shape index (κ3) is 5.15. The monoisotopic (exact) mass is 190 g/mol. The summed E-state index contributed by atoms with van der Waals surface area (Å²) >= 11 is 0. The molecule has 0 heterocycles. The highest BCUT2D eigenvalue weighted by Gasteiger charge is 2.11. The Kier molecular flexibility index (Phi) is 5.01. The Hall–Kier alpha value is -1.14. The van der Waals surface area contributed by atoms with E-state index in [-0.39, 0.29) is 13.0 Å². The molecule has 0 aromatic heterocycles. The Balaban J connectivity index is 3.56. The van der Waals surface area contributed by atoms with Crippen LogP contribution in [-0.4, -0.2) is 39.8 Å². The molecule has 0 aliphatic heterocycles. The Labute approximate surface area is 75.9 Å². The maximum absolute atomic E-state index is 10.5. The first-order valence-electron chi connectivity index (χ1n) is 3.90. The Morgan fingerprint density at radius 2 is 2.08 bits per heavy atom. The van der Waals surface area contributed by atoms with E-state index in [1.54, 1.807) is 0 Å². The predicted molar refractivity (Wildman–Crippen MR) is 44.0 cm³/mol. The van der Waals surface area contributed by atoms with Gasteiger partial charge >= 0.3 is 5.97 Å². The van der Waals surface area contributed by atoms with Gasteiger partial charge < -0.3 is 10.8 Å². The van der Waals surface area contributed by atoms with Gasteiger partial charge in [-0.05, 0) is 12.8 Å². The van der Waals surface area contributed by atoms with Crippen LogP contribution in [0.1, 0.15) is 19.8 Å². The van der Waals surface area contributed by atoms with E-state index in [1.165, 1.54) is 6.92 Å². The highest BCUT2D eigenvalue weighted by atomic mass is 16.5. The Morgan fingerprint density at radius 3 is 2.46 bits per heavy atom. The highest BCUT2D eigenvalue weighted by molar-refractivity contribution is 5.73. The summed E-state index contributed by atoms with van der Waals surface area (Å²) in [5, 5.41) is 17.8. The van der Waals surface area contributed by atoms with Crippen LogP contribution in [0.2, 0.25) is 0 Å². The lowest BCUT2D eigenvalue weighted by atomic mass is 10.2. The molecule has 0 unspecified atom stereocenters. The second-order valence-electron chi connectivity index (χ2n) is 2.73. The molecule has 0 spiro atoms. The highest BCUT2D eigenvalue weighted by Crippen LogP contribution is 1.96. The molecule has 0 fully saturated rings. The molecular formula is C7H14N2O4. The van der Waals surface area contributed by atoms with Crippen molar-refractivity contribution in [3.63, 3.8) is 0 Å². The minimum Gasteiger partial charge on any atom is -0.480 e. The molecule has 0 aliphatic carbocycles. The second-order valence-corrected chi connectivity index (χ2v) is 2.73. The third-order valence-electron chi connectivity index (χ3n) is 1.57. The quantitative estimate of drug-likeness (QED) is 0.397. The first kappa shape index (κ1) is 11.9. The van der Waals surface area contributed by atoms with E-state index in [1.807, 2.05) is 0 Å². The fourth-order valence-electron chi connectivity index (χ4n) is 0.742. The smallest absolute Gasteiger partial charge is 0.320 e. The van der Waals surface area contributed by atoms with Crippen molar-refractivity contribution in [1.82, 2.24) is 5.06 Å². The number of carbonyl (C=O) groups excluding carboxylic acids is 1. The van der Waals surface area contributed by atoms with Crippen molar-refractivity contribution in [2.75, 3.05) is 6.54 Å². The van der Waals surface area contributed by atoms with Gasteiger partial charge in [0.05, 0.1) is 0 Å². The van der Waals surface area contributed by atoms with E-state index >= 15 is 0 Å². The molecule has 0 radical (unpaired) electrons. The topological polar surface area (TPSA) is 104 Å².